The summed E-state index contributed by atoms with van der Waals surface area (Å²) in [6.07, 6.45) is 7.30. The minimum Gasteiger partial charge on any atom is -0.350 e. The standard InChI is InChI=1S/C31H30N2O3S/c1-20(2)33-31(34)29(23-11-13-27(14-12-23)37(3,35)36)17-21-6-4-7-24(16-21)28-19-26(22-9-10-22)18-25-8-5-15-32-30(25)28/h4-8,11-20,22H,9-10H2,1-3H3,(H,33,34)/b29-17-. The third-order valence-corrected chi connectivity index (χ3v) is 7.67. The van der Waals surface area contributed by atoms with Gasteiger partial charge in [0.25, 0.3) is 5.91 Å². The predicted octanol–water partition coefficient (Wildman–Crippen LogP) is 6.25. The lowest BCUT2D eigenvalue weighted by Crippen LogP contribution is -2.30. The molecule has 37 heavy (non-hydrogen) atoms. The Hall–Kier alpha value is -3.77. The molecular formula is C31H30N2O3S. The quantitative estimate of drug-likeness (QED) is 0.236. The van der Waals surface area contributed by atoms with Crippen LogP contribution in [-0.2, 0) is 14.6 Å². The fourth-order valence-corrected chi connectivity index (χ4v) is 5.18. The Morgan fingerprint density at radius 1 is 1.00 bits per heavy atom. The zero-order valence-electron chi connectivity index (χ0n) is 21.2. The van der Waals surface area contributed by atoms with Gasteiger partial charge in [-0.15, -0.1) is 0 Å². The zero-order chi connectivity index (χ0) is 26.2. The lowest BCUT2D eigenvalue weighted by molar-refractivity contribution is -0.116. The molecular weight excluding hydrogens is 480 g/mol. The molecule has 188 valence electrons. The van der Waals surface area contributed by atoms with Gasteiger partial charge in [0, 0.05) is 35.0 Å². The number of hydrogen-bond acceptors (Lipinski definition) is 4. The van der Waals surface area contributed by atoms with E-state index in [9.17, 15) is 13.2 Å². The first-order valence-corrected chi connectivity index (χ1v) is 14.4. The molecule has 0 aliphatic heterocycles. The topological polar surface area (TPSA) is 76.1 Å². The van der Waals surface area contributed by atoms with E-state index in [0.717, 1.165) is 27.6 Å². The SMILES string of the molecule is CC(C)NC(=O)/C(=C\c1cccc(-c2cc(C3CC3)cc3cccnc23)c1)c1ccc(S(C)(=O)=O)cc1. The highest BCUT2D eigenvalue weighted by molar-refractivity contribution is 7.90. The van der Waals surface area contributed by atoms with E-state index in [1.165, 1.54) is 24.7 Å². The maximum Gasteiger partial charge on any atom is 0.252 e. The van der Waals surface area contributed by atoms with Crippen molar-refractivity contribution in [1.29, 1.82) is 0 Å². The molecule has 0 radical (unpaired) electrons. The van der Waals surface area contributed by atoms with Crippen molar-refractivity contribution in [2.24, 2.45) is 0 Å². The van der Waals surface area contributed by atoms with Gasteiger partial charge in [0.05, 0.1) is 10.4 Å². The average Bonchev–Trinajstić information content (AvgIpc) is 3.72. The number of sulfone groups is 1. The van der Waals surface area contributed by atoms with E-state index in [-0.39, 0.29) is 16.8 Å². The number of carbonyl (C=O) groups is 1. The number of nitrogens with zero attached hydrogens (tertiary/aromatic N) is 1. The summed E-state index contributed by atoms with van der Waals surface area (Å²) in [5.41, 5.74) is 6.43. The van der Waals surface area contributed by atoms with Crippen LogP contribution >= 0.6 is 0 Å². The fraction of sp³-hybridized carbons (Fsp3) is 0.226. The molecule has 1 fully saturated rings. The zero-order valence-corrected chi connectivity index (χ0v) is 22.0. The van der Waals surface area contributed by atoms with Crippen molar-refractivity contribution in [3.05, 3.63) is 95.7 Å². The van der Waals surface area contributed by atoms with Gasteiger partial charge in [-0.25, -0.2) is 8.42 Å². The summed E-state index contributed by atoms with van der Waals surface area (Å²) in [6, 6.07) is 23.1. The van der Waals surface area contributed by atoms with Crippen LogP contribution in [0.1, 0.15) is 49.3 Å². The smallest absolute Gasteiger partial charge is 0.252 e. The molecule has 4 aromatic rings. The number of aromatic nitrogens is 1. The minimum absolute atomic E-state index is 0.0415. The van der Waals surface area contributed by atoms with Crippen molar-refractivity contribution < 1.29 is 13.2 Å². The van der Waals surface area contributed by atoms with Crippen molar-refractivity contribution in [2.45, 2.75) is 43.5 Å². The van der Waals surface area contributed by atoms with Gasteiger partial charge in [-0.3, -0.25) is 9.78 Å². The monoisotopic (exact) mass is 510 g/mol. The maximum absolute atomic E-state index is 13.2. The molecule has 0 atom stereocenters. The molecule has 0 bridgehead atoms. The molecule has 1 heterocycles. The largest absolute Gasteiger partial charge is 0.350 e. The molecule has 5 rings (SSSR count). The number of pyridine rings is 1. The highest BCUT2D eigenvalue weighted by Crippen LogP contribution is 2.43. The van der Waals surface area contributed by atoms with Gasteiger partial charge in [-0.05, 0) is 97.3 Å². The molecule has 3 aromatic carbocycles. The molecule has 0 spiro atoms. The normalized spacial score (nSPS) is 14.2. The van der Waals surface area contributed by atoms with E-state index in [1.807, 2.05) is 44.3 Å². The summed E-state index contributed by atoms with van der Waals surface area (Å²) in [4.78, 5) is 18.1. The molecule has 1 aliphatic rings. The average molecular weight is 511 g/mol. The van der Waals surface area contributed by atoms with Crippen molar-refractivity contribution in [3.63, 3.8) is 0 Å². The van der Waals surface area contributed by atoms with Crippen LogP contribution in [0.4, 0.5) is 0 Å². The Morgan fingerprint density at radius 3 is 2.43 bits per heavy atom. The van der Waals surface area contributed by atoms with Crippen LogP contribution < -0.4 is 5.32 Å². The van der Waals surface area contributed by atoms with Crippen molar-refractivity contribution >= 4 is 38.3 Å². The Bertz CT molecular complexity index is 1620. The third-order valence-electron chi connectivity index (χ3n) is 6.54. The van der Waals surface area contributed by atoms with Crippen LogP contribution in [0.25, 0.3) is 33.7 Å². The summed E-state index contributed by atoms with van der Waals surface area (Å²) >= 11 is 0. The van der Waals surface area contributed by atoms with E-state index < -0.39 is 9.84 Å². The lowest BCUT2D eigenvalue weighted by Gasteiger charge is -2.13. The molecule has 1 aliphatic carbocycles. The second-order valence-corrected chi connectivity index (χ2v) is 12.0. The second kappa shape index (κ2) is 9.94. The maximum atomic E-state index is 13.2. The third kappa shape index (κ3) is 5.65. The molecule has 1 saturated carbocycles. The highest BCUT2D eigenvalue weighted by Gasteiger charge is 2.25. The van der Waals surface area contributed by atoms with Gasteiger partial charge in [-0.2, -0.15) is 0 Å². The van der Waals surface area contributed by atoms with Crippen LogP contribution in [0.5, 0.6) is 0 Å². The molecule has 1 N–H and O–H groups in total. The predicted molar refractivity (Wildman–Crippen MR) is 150 cm³/mol. The van der Waals surface area contributed by atoms with Gasteiger partial charge in [0.2, 0.25) is 0 Å². The summed E-state index contributed by atoms with van der Waals surface area (Å²) in [6.45, 7) is 3.82. The first-order valence-electron chi connectivity index (χ1n) is 12.5. The Kier molecular flexibility index (Phi) is 6.69. The van der Waals surface area contributed by atoms with Crippen molar-refractivity contribution in [2.75, 3.05) is 6.26 Å². The molecule has 6 heteroatoms. The summed E-state index contributed by atoms with van der Waals surface area (Å²) in [5, 5.41) is 4.10. The highest BCUT2D eigenvalue weighted by atomic mass is 32.2. The van der Waals surface area contributed by atoms with Crippen LogP contribution in [0.15, 0.2) is 83.9 Å². The Morgan fingerprint density at radius 2 is 1.76 bits per heavy atom. The van der Waals surface area contributed by atoms with Crippen LogP contribution in [0.3, 0.4) is 0 Å². The summed E-state index contributed by atoms with van der Waals surface area (Å²) < 4.78 is 23.8. The van der Waals surface area contributed by atoms with E-state index in [0.29, 0.717) is 17.1 Å². The van der Waals surface area contributed by atoms with E-state index >= 15 is 0 Å². The minimum atomic E-state index is -3.33. The van der Waals surface area contributed by atoms with Crippen molar-refractivity contribution in [1.82, 2.24) is 10.3 Å². The molecule has 1 amide bonds. The van der Waals surface area contributed by atoms with Crippen LogP contribution in [0, 0.1) is 0 Å². The van der Waals surface area contributed by atoms with Gasteiger partial charge in [0.1, 0.15) is 0 Å². The summed E-state index contributed by atoms with van der Waals surface area (Å²) in [5.74, 6) is 0.406. The van der Waals surface area contributed by atoms with Crippen LogP contribution in [0.2, 0.25) is 0 Å². The lowest BCUT2D eigenvalue weighted by atomic mass is 9.95. The fourth-order valence-electron chi connectivity index (χ4n) is 4.55. The van der Waals surface area contributed by atoms with E-state index in [4.69, 9.17) is 0 Å². The molecule has 1 aromatic heterocycles. The number of benzene rings is 3. The van der Waals surface area contributed by atoms with E-state index in [1.54, 1.807) is 24.3 Å². The number of rotatable bonds is 7. The first-order chi connectivity index (χ1) is 17.7. The van der Waals surface area contributed by atoms with Gasteiger partial charge < -0.3 is 5.32 Å². The number of fused-ring (bicyclic) bond motifs is 1. The number of amides is 1. The van der Waals surface area contributed by atoms with Crippen molar-refractivity contribution in [3.8, 4) is 11.1 Å². The number of carbonyl (C=O) groups excluding carboxylic acids is 1. The molecule has 0 unspecified atom stereocenters. The number of nitrogens with one attached hydrogen (secondary N) is 1. The van der Waals surface area contributed by atoms with Gasteiger partial charge >= 0.3 is 0 Å². The molecule has 0 saturated heterocycles. The van der Waals surface area contributed by atoms with Crippen LogP contribution in [-0.4, -0.2) is 31.6 Å². The Balaban J connectivity index is 1.60. The van der Waals surface area contributed by atoms with Gasteiger partial charge in [0.15, 0.2) is 9.84 Å². The Labute approximate surface area is 218 Å². The second-order valence-electron chi connectivity index (χ2n) is 10.0. The molecule has 5 nitrogen and oxygen atoms in total. The van der Waals surface area contributed by atoms with E-state index in [2.05, 4.69) is 40.6 Å². The summed E-state index contributed by atoms with van der Waals surface area (Å²) in [7, 11) is -3.33. The number of hydrogen-bond donors (Lipinski definition) is 1. The first kappa shape index (κ1) is 24.9. The van der Waals surface area contributed by atoms with Gasteiger partial charge in [-0.1, -0.05) is 36.4 Å².